The van der Waals surface area contributed by atoms with Crippen molar-refractivity contribution in [1.82, 2.24) is 20.9 Å². The van der Waals surface area contributed by atoms with E-state index in [0.29, 0.717) is 38.6 Å². The summed E-state index contributed by atoms with van der Waals surface area (Å²) in [5.74, 6) is -3.60. The minimum absolute atomic E-state index is 0.0932. The van der Waals surface area contributed by atoms with Gasteiger partial charge in [-0.3, -0.25) is 24.0 Å². The Balaban J connectivity index is 1.40. The first-order valence-electron chi connectivity index (χ1n) is 12.1. The molecule has 0 aromatic rings. The van der Waals surface area contributed by atoms with E-state index in [-0.39, 0.29) is 25.2 Å². The van der Waals surface area contributed by atoms with Crippen LogP contribution in [0, 0.1) is 5.92 Å². The number of aliphatic hydroxyl groups excluding tert-OH is 1. The van der Waals surface area contributed by atoms with Crippen LogP contribution in [0.3, 0.4) is 0 Å². The fraction of sp³-hybridized carbons (Fsp3) is 0.783. The van der Waals surface area contributed by atoms with Gasteiger partial charge in [-0.2, -0.15) is 0 Å². The Morgan fingerprint density at radius 3 is 2.50 bits per heavy atom. The summed E-state index contributed by atoms with van der Waals surface area (Å²) < 4.78 is 14.4. The van der Waals surface area contributed by atoms with E-state index in [1.165, 1.54) is 4.90 Å². The van der Waals surface area contributed by atoms with Gasteiger partial charge >= 0.3 is 11.8 Å². The van der Waals surface area contributed by atoms with Gasteiger partial charge in [0.15, 0.2) is 5.78 Å². The van der Waals surface area contributed by atoms with Gasteiger partial charge in [0.2, 0.25) is 11.8 Å². The number of fused-ring (bicyclic) bond motifs is 2. The molecule has 0 aromatic heterocycles. The Morgan fingerprint density at radius 2 is 1.91 bits per heavy atom. The van der Waals surface area contributed by atoms with Gasteiger partial charge in [-0.25, -0.2) is 4.39 Å². The maximum atomic E-state index is 14.4. The molecule has 4 amide bonds. The average Bonchev–Trinajstić information content (AvgIpc) is 3.40. The van der Waals surface area contributed by atoms with Crippen LogP contribution >= 0.6 is 0 Å². The molecular formula is C23H33FN4O6. The van der Waals surface area contributed by atoms with E-state index < -0.39 is 65.4 Å². The number of nitrogens with zero attached hydrogens (tertiary/aromatic N) is 1. The van der Waals surface area contributed by atoms with Crippen LogP contribution in [0.25, 0.3) is 0 Å². The summed E-state index contributed by atoms with van der Waals surface area (Å²) in [6.45, 7) is 1.52. The summed E-state index contributed by atoms with van der Waals surface area (Å²) in [6, 6.07) is -2.44. The normalized spacial score (nSPS) is 35.7. The van der Waals surface area contributed by atoms with Crippen molar-refractivity contribution in [3.8, 4) is 0 Å². The summed E-state index contributed by atoms with van der Waals surface area (Å²) in [7, 11) is 0. The second-order valence-corrected chi connectivity index (χ2v) is 10.4. The average molecular weight is 481 g/mol. The van der Waals surface area contributed by atoms with Crippen molar-refractivity contribution >= 4 is 29.4 Å². The number of likely N-dealkylation sites (tertiary alicyclic amines) is 1. The first-order chi connectivity index (χ1) is 16.1. The Bertz CT molecular complexity index is 887. The maximum absolute atomic E-state index is 14.4. The lowest BCUT2D eigenvalue weighted by molar-refractivity contribution is -0.144. The molecule has 34 heavy (non-hydrogen) atoms. The van der Waals surface area contributed by atoms with Crippen LogP contribution in [0.4, 0.5) is 4.39 Å². The van der Waals surface area contributed by atoms with Gasteiger partial charge < -0.3 is 26.0 Å². The van der Waals surface area contributed by atoms with Gasteiger partial charge in [-0.05, 0) is 58.3 Å². The predicted molar refractivity (Wildman–Crippen MR) is 117 cm³/mol. The number of hydrogen-bond acceptors (Lipinski definition) is 6. The Labute approximate surface area is 197 Å². The molecule has 188 valence electrons. The van der Waals surface area contributed by atoms with Crippen LogP contribution in [0.2, 0.25) is 0 Å². The molecule has 4 atom stereocenters. The first-order valence-corrected chi connectivity index (χ1v) is 12.1. The van der Waals surface area contributed by atoms with Crippen molar-refractivity contribution in [2.24, 2.45) is 5.92 Å². The third kappa shape index (κ3) is 4.67. The number of rotatable bonds is 7. The lowest BCUT2D eigenvalue weighted by atomic mass is 9.89. The molecule has 2 aliphatic heterocycles. The van der Waals surface area contributed by atoms with Crippen LogP contribution in [0.15, 0.2) is 0 Å². The fourth-order valence-electron chi connectivity index (χ4n) is 6.20. The summed E-state index contributed by atoms with van der Waals surface area (Å²) in [5, 5.41) is 17.4. The molecule has 0 aromatic carbocycles. The van der Waals surface area contributed by atoms with Crippen molar-refractivity contribution in [2.45, 2.75) is 94.0 Å². The lowest BCUT2D eigenvalue weighted by Crippen LogP contribution is -2.54. The summed E-state index contributed by atoms with van der Waals surface area (Å²) in [6.07, 6.45) is 3.51. The van der Waals surface area contributed by atoms with E-state index in [0.717, 1.165) is 6.42 Å². The van der Waals surface area contributed by atoms with Crippen molar-refractivity contribution in [3.63, 3.8) is 0 Å². The number of carbonyl (C=O) groups excluding carboxylic acids is 5. The number of aliphatic hydroxyl groups is 1. The van der Waals surface area contributed by atoms with Crippen LogP contribution in [0.5, 0.6) is 0 Å². The van der Waals surface area contributed by atoms with E-state index in [2.05, 4.69) is 16.0 Å². The number of hydrogen-bond donors (Lipinski definition) is 4. The van der Waals surface area contributed by atoms with Crippen LogP contribution < -0.4 is 16.0 Å². The van der Waals surface area contributed by atoms with Gasteiger partial charge in [-0.15, -0.1) is 0 Å². The Kier molecular flexibility index (Phi) is 6.67. The molecule has 10 nitrogen and oxygen atoms in total. The number of carbonyl (C=O) groups is 5. The SMILES string of the molecule is CC1CC(NC(=O)C(=O)NC23CCC(F)(CC2)C3)C(=O)N1[C@@H](C[C@@H]1CCCNC1=O)C(=O)CO. The molecular weight excluding hydrogens is 447 g/mol. The molecule has 4 rings (SSSR count). The highest BCUT2D eigenvalue weighted by Crippen LogP contribution is 2.52. The molecule has 2 bridgehead atoms. The van der Waals surface area contributed by atoms with Crippen molar-refractivity contribution < 1.29 is 33.5 Å². The number of ketones is 1. The number of piperidine rings is 1. The molecule has 2 saturated heterocycles. The van der Waals surface area contributed by atoms with E-state index in [1.54, 1.807) is 6.92 Å². The molecule has 2 saturated carbocycles. The van der Waals surface area contributed by atoms with E-state index in [9.17, 15) is 33.5 Å². The quantitative estimate of drug-likeness (QED) is 0.361. The molecule has 2 aliphatic carbocycles. The smallest absolute Gasteiger partial charge is 0.309 e. The third-order valence-corrected chi connectivity index (χ3v) is 8.02. The van der Waals surface area contributed by atoms with E-state index in [4.69, 9.17) is 0 Å². The fourth-order valence-corrected chi connectivity index (χ4v) is 6.20. The number of Topliss-reactive ketones (excluding diaryl/α,β-unsaturated/α-hetero) is 1. The Morgan fingerprint density at radius 1 is 1.21 bits per heavy atom. The van der Waals surface area contributed by atoms with E-state index >= 15 is 0 Å². The Hall–Kier alpha value is -2.56. The zero-order valence-electron chi connectivity index (χ0n) is 19.4. The highest BCUT2D eigenvalue weighted by Gasteiger charge is 2.56. The highest BCUT2D eigenvalue weighted by atomic mass is 19.1. The predicted octanol–water partition coefficient (Wildman–Crippen LogP) is -0.521. The minimum atomic E-state index is -1.27. The van der Waals surface area contributed by atoms with Gasteiger partial charge in [0.25, 0.3) is 0 Å². The topological polar surface area (TPSA) is 145 Å². The minimum Gasteiger partial charge on any atom is -0.389 e. The zero-order valence-corrected chi connectivity index (χ0v) is 19.4. The molecule has 4 aliphatic rings. The molecule has 4 fully saturated rings. The third-order valence-electron chi connectivity index (χ3n) is 8.02. The monoisotopic (exact) mass is 480 g/mol. The molecule has 2 heterocycles. The van der Waals surface area contributed by atoms with Crippen molar-refractivity contribution in [1.29, 1.82) is 0 Å². The number of amides is 4. The van der Waals surface area contributed by atoms with Crippen LogP contribution in [-0.2, 0) is 24.0 Å². The van der Waals surface area contributed by atoms with Crippen LogP contribution in [0.1, 0.15) is 64.7 Å². The lowest BCUT2D eigenvalue weighted by Gasteiger charge is -2.33. The first kappa shape index (κ1) is 24.6. The van der Waals surface area contributed by atoms with Crippen molar-refractivity contribution in [2.75, 3.05) is 13.2 Å². The standard InChI is InChI=1S/C23H33FN4O6/c1-13-9-15(26-19(32)20(33)27-23-6-4-22(24,12-23)5-7-23)21(34)28(13)16(17(30)11-29)10-14-3-2-8-25-18(14)31/h13-16,29H,2-12H2,1H3,(H,25,31)(H,26,32)(H,27,33)/t13?,14-,15?,16-,22?,23?/m0/s1. The van der Waals surface area contributed by atoms with Crippen LogP contribution in [-0.4, -0.2) is 81.9 Å². The van der Waals surface area contributed by atoms with Gasteiger partial charge in [0.1, 0.15) is 18.3 Å². The molecule has 4 N–H and O–H groups in total. The number of halogens is 1. The zero-order chi connectivity index (χ0) is 24.7. The van der Waals surface area contributed by atoms with Crippen molar-refractivity contribution in [3.05, 3.63) is 0 Å². The molecule has 11 heteroatoms. The maximum Gasteiger partial charge on any atom is 0.309 e. The van der Waals surface area contributed by atoms with Gasteiger partial charge in [0.05, 0.1) is 6.04 Å². The molecule has 0 radical (unpaired) electrons. The highest BCUT2D eigenvalue weighted by molar-refractivity contribution is 6.35. The number of alkyl halides is 1. The largest absolute Gasteiger partial charge is 0.389 e. The van der Waals surface area contributed by atoms with Gasteiger partial charge in [-0.1, -0.05) is 0 Å². The number of nitrogens with one attached hydrogen (secondary N) is 3. The second kappa shape index (κ2) is 9.24. The second-order valence-electron chi connectivity index (χ2n) is 10.4. The molecule has 2 unspecified atom stereocenters. The van der Waals surface area contributed by atoms with E-state index in [1.807, 2.05) is 0 Å². The summed E-state index contributed by atoms with van der Waals surface area (Å²) >= 11 is 0. The molecule has 0 spiro atoms. The van der Waals surface area contributed by atoms with Gasteiger partial charge in [0, 0.05) is 30.5 Å². The summed E-state index contributed by atoms with van der Waals surface area (Å²) in [4.78, 5) is 64.3. The summed E-state index contributed by atoms with van der Waals surface area (Å²) in [5.41, 5.74) is -1.98.